The van der Waals surface area contributed by atoms with Crippen molar-refractivity contribution in [1.29, 1.82) is 0 Å². The Hall–Kier alpha value is -1.10. The summed E-state index contributed by atoms with van der Waals surface area (Å²) in [6.07, 6.45) is 2.02. The molecule has 5 heteroatoms. The molecule has 1 aliphatic rings. The van der Waals surface area contributed by atoms with E-state index in [2.05, 4.69) is 4.90 Å². The third kappa shape index (κ3) is 5.04. The minimum absolute atomic E-state index is 0.210. The van der Waals surface area contributed by atoms with Crippen LogP contribution in [0.4, 0.5) is 4.79 Å². The van der Waals surface area contributed by atoms with Gasteiger partial charge in [-0.1, -0.05) is 6.92 Å². The molecule has 1 amide bonds. The van der Waals surface area contributed by atoms with Crippen LogP contribution in [0.5, 0.6) is 0 Å². The quantitative estimate of drug-likeness (QED) is 0.723. The minimum atomic E-state index is -0.210. The number of carbonyl (C=O) groups is 2. The number of ether oxygens (including phenoxy) is 1. The summed E-state index contributed by atoms with van der Waals surface area (Å²) in [7, 11) is 0. The van der Waals surface area contributed by atoms with Crippen LogP contribution in [0, 0.1) is 0 Å². The van der Waals surface area contributed by atoms with E-state index in [1.807, 2.05) is 13.8 Å². The van der Waals surface area contributed by atoms with E-state index in [4.69, 9.17) is 4.74 Å². The van der Waals surface area contributed by atoms with Crippen molar-refractivity contribution in [3.63, 3.8) is 0 Å². The Kier molecular flexibility index (Phi) is 6.72. The molecule has 0 aromatic carbocycles. The predicted molar refractivity (Wildman–Crippen MR) is 69.6 cm³/mol. The molecule has 1 saturated heterocycles. The largest absolute Gasteiger partial charge is 0.450 e. The minimum Gasteiger partial charge on any atom is -0.450 e. The van der Waals surface area contributed by atoms with Crippen molar-refractivity contribution in [2.75, 3.05) is 39.3 Å². The molecule has 0 aromatic rings. The molecule has 0 unspecified atom stereocenters. The van der Waals surface area contributed by atoms with Crippen molar-refractivity contribution < 1.29 is 14.3 Å². The number of nitrogens with zero attached hydrogens (tertiary/aromatic N) is 2. The van der Waals surface area contributed by atoms with Crippen LogP contribution in [-0.4, -0.2) is 61.0 Å². The van der Waals surface area contributed by atoms with Gasteiger partial charge in [0.05, 0.1) is 6.61 Å². The van der Waals surface area contributed by atoms with Crippen LogP contribution in [-0.2, 0) is 9.53 Å². The molecule has 0 aromatic heterocycles. The van der Waals surface area contributed by atoms with E-state index in [-0.39, 0.29) is 6.09 Å². The van der Waals surface area contributed by atoms with Gasteiger partial charge in [-0.2, -0.15) is 0 Å². The van der Waals surface area contributed by atoms with Gasteiger partial charge in [-0.25, -0.2) is 4.79 Å². The zero-order chi connectivity index (χ0) is 13.4. The average molecular weight is 256 g/mol. The maximum Gasteiger partial charge on any atom is 0.409 e. The van der Waals surface area contributed by atoms with Crippen LogP contribution in [0.15, 0.2) is 0 Å². The number of hydrogen-bond acceptors (Lipinski definition) is 4. The van der Waals surface area contributed by atoms with Crippen molar-refractivity contribution in [3.05, 3.63) is 0 Å². The number of carbonyl (C=O) groups excluding carboxylic acids is 2. The van der Waals surface area contributed by atoms with Crippen molar-refractivity contribution in [2.45, 2.75) is 33.1 Å². The number of rotatable bonds is 6. The van der Waals surface area contributed by atoms with Gasteiger partial charge in [-0.3, -0.25) is 9.69 Å². The van der Waals surface area contributed by atoms with Gasteiger partial charge < -0.3 is 9.64 Å². The summed E-state index contributed by atoms with van der Waals surface area (Å²) < 4.78 is 4.97. The molecule has 1 rings (SSSR count). The van der Waals surface area contributed by atoms with Crippen LogP contribution in [0.25, 0.3) is 0 Å². The molecule has 18 heavy (non-hydrogen) atoms. The lowest BCUT2D eigenvalue weighted by molar-refractivity contribution is -0.118. The molecule has 1 fully saturated rings. The molecule has 0 atom stereocenters. The molecular weight excluding hydrogens is 232 g/mol. The van der Waals surface area contributed by atoms with Crippen molar-refractivity contribution in [2.24, 2.45) is 0 Å². The maximum atomic E-state index is 11.5. The first-order valence-corrected chi connectivity index (χ1v) is 6.83. The summed E-state index contributed by atoms with van der Waals surface area (Å²) in [5.74, 6) is 0.333. The molecule has 5 nitrogen and oxygen atoms in total. The third-order valence-electron chi connectivity index (χ3n) is 3.22. The summed E-state index contributed by atoms with van der Waals surface area (Å²) >= 11 is 0. The molecule has 0 N–H and O–H groups in total. The Morgan fingerprint density at radius 1 is 1.11 bits per heavy atom. The SMILES string of the molecule is CCOC(=O)N1CCN(CCCC(=O)CC)CC1. The first-order chi connectivity index (χ1) is 8.67. The van der Waals surface area contributed by atoms with Crippen molar-refractivity contribution in [1.82, 2.24) is 9.80 Å². The van der Waals surface area contributed by atoms with E-state index in [9.17, 15) is 9.59 Å². The third-order valence-corrected chi connectivity index (χ3v) is 3.22. The normalized spacial score (nSPS) is 16.7. The highest BCUT2D eigenvalue weighted by Crippen LogP contribution is 2.06. The lowest BCUT2D eigenvalue weighted by atomic mass is 10.1. The molecule has 0 spiro atoms. The first-order valence-electron chi connectivity index (χ1n) is 6.83. The molecule has 0 aliphatic carbocycles. The van der Waals surface area contributed by atoms with E-state index >= 15 is 0 Å². The van der Waals surface area contributed by atoms with Gasteiger partial charge in [0.25, 0.3) is 0 Å². The number of amides is 1. The highest BCUT2D eigenvalue weighted by Gasteiger charge is 2.21. The Labute approximate surface area is 109 Å². The predicted octanol–water partition coefficient (Wildman–Crippen LogP) is 1.52. The second-order valence-electron chi connectivity index (χ2n) is 4.52. The highest BCUT2D eigenvalue weighted by atomic mass is 16.6. The van der Waals surface area contributed by atoms with E-state index in [0.717, 1.165) is 39.1 Å². The van der Waals surface area contributed by atoms with E-state index in [1.54, 1.807) is 4.90 Å². The van der Waals surface area contributed by atoms with Gasteiger partial charge in [0.2, 0.25) is 0 Å². The van der Waals surface area contributed by atoms with E-state index in [1.165, 1.54) is 0 Å². The van der Waals surface area contributed by atoms with Gasteiger partial charge in [0.1, 0.15) is 5.78 Å². The van der Waals surface area contributed by atoms with Gasteiger partial charge in [-0.15, -0.1) is 0 Å². The smallest absolute Gasteiger partial charge is 0.409 e. The lowest BCUT2D eigenvalue weighted by Gasteiger charge is -2.33. The van der Waals surface area contributed by atoms with Gasteiger partial charge in [0, 0.05) is 39.0 Å². The zero-order valence-corrected chi connectivity index (χ0v) is 11.5. The summed E-state index contributed by atoms with van der Waals surface area (Å²) in [5, 5.41) is 0. The summed E-state index contributed by atoms with van der Waals surface area (Å²) in [6, 6.07) is 0. The summed E-state index contributed by atoms with van der Waals surface area (Å²) in [5.41, 5.74) is 0. The topological polar surface area (TPSA) is 49.9 Å². The Bertz CT molecular complexity index is 273. The standard InChI is InChI=1S/C13H24N2O3/c1-3-12(16)6-5-7-14-8-10-15(11-9-14)13(17)18-4-2/h3-11H2,1-2H3. The number of piperazine rings is 1. The molecule has 0 saturated carbocycles. The zero-order valence-electron chi connectivity index (χ0n) is 11.5. The molecular formula is C13H24N2O3. The van der Waals surface area contributed by atoms with Gasteiger partial charge in [0.15, 0.2) is 0 Å². The number of hydrogen-bond donors (Lipinski definition) is 0. The van der Waals surface area contributed by atoms with E-state index < -0.39 is 0 Å². The van der Waals surface area contributed by atoms with Crippen LogP contribution in [0.3, 0.4) is 0 Å². The Morgan fingerprint density at radius 2 is 1.78 bits per heavy atom. The molecule has 0 bridgehead atoms. The Morgan fingerprint density at radius 3 is 2.33 bits per heavy atom. The summed E-state index contributed by atoms with van der Waals surface area (Å²) in [6.45, 7) is 8.29. The molecule has 1 heterocycles. The number of ketones is 1. The Balaban J connectivity index is 2.15. The highest BCUT2D eigenvalue weighted by molar-refractivity contribution is 5.77. The maximum absolute atomic E-state index is 11.5. The second-order valence-corrected chi connectivity index (χ2v) is 4.52. The van der Waals surface area contributed by atoms with Crippen LogP contribution >= 0.6 is 0 Å². The van der Waals surface area contributed by atoms with Crippen LogP contribution in [0.2, 0.25) is 0 Å². The molecule has 104 valence electrons. The number of Topliss-reactive ketones (excluding diaryl/α,β-unsaturated/α-hetero) is 1. The average Bonchev–Trinajstić information content (AvgIpc) is 2.39. The van der Waals surface area contributed by atoms with Crippen molar-refractivity contribution in [3.8, 4) is 0 Å². The monoisotopic (exact) mass is 256 g/mol. The van der Waals surface area contributed by atoms with Gasteiger partial charge in [-0.05, 0) is 19.9 Å². The van der Waals surface area contributed by atoms with Crippen LogP contribution in [0.1, 0.15) is 33.1 Å². The van der Waals surface area contributed by atoms with Crippen LogP contribution < -0.4 is 0 Å². The summed E-state index contributed by atoms with van der Waals surface area (Å²) in [4.78, 5) is 26.7. The fourth-order valence-electron chi connectivity index (χ4n) is 2.05. The molecule has 1 aliphatic heterocycles. The van der Waals surface area contributed by atoms with Crippen molar-refractivity contribution >= 4 is 11.9 Å². The van der Waals surface area contributed by atoms with E-state index in [0.29, 0.717) is 25.2 Å². The molecule has 0 radical (unpaired) electrons. The fraction of sp³-hybridized carbons (Fsp3) is 0.846. The first kappa shape index (κ1) is 15.0. The lowest BCUT2D eigenvalue weighted by Crippen LogP contribution is -2.49. The fourth-order valence-corrected chi connectivity index (χ4v) is 2.05. The van der Waals surface area contributed by atoms with Gasteiger partial charge >= 0.3 is 6.09 Å². The second kappa shape index (κ2) is 8.08.